The number of nitrogens with zero attached hydrogens (tertiary/aromatic N) is 2. The highest BCUT2D eigenvalue weighted by molar-refractivity contribution is 5.77. The van der Waals surface area contributed by atoms with Gasteiger partial charge < -0.3 is 10.2 Å². The zero-order chi connectivity index (χ0) is 13.0. The van der Waals surface area contributed by atoms with Crippen LogP contribution in [-0.2, 0) is 11.2 Å². The van der Waals surface area contributed by atoms with Gasteiger partial charge in [0.1, 0.15) is 0 Å². The Morgan fingerprint density at radius 1 is 1.50 bits per heavy atom. The quantitative estimate of drug-likeness (QED) is 0.873. The van der Waals surface area contributed by atoms with Gasteiger partial charge in [-0.15, -0.1) is 0 Å². The number of carbonyl (C=O) groups excluding carboxylic acids is 1. The Kier molecular flexibility index (Phi) is 4.31. The van der Waals surface area contributed by atoms with E-state index in [2.05, 4.69) is 24.1 Å². The van der Waals surface area contributed by atoms with Crippen molar-refractivity contribution >= 4 is 5.91 Å². The molecule has 0 radical (unpaired) electrons. The third-order valence-electron chi connectivity index (χ3n) is 3.68. The maximum absolute atomic E-state index is 12.2. The van der Waals surface area contributed by atoms with Gasteiger partial charge in [-0.25, -0.2) is 0 Å². The van der Waals surface area contributed by atoms with Crippen LogP contribution < -0.4 is 5.32 Å². The highest BCUT2D eigenvalue weighted by Crippen LogP contribution is 2.11. The summed E-state index contributed by atoms with van der Waals surface area (Å²) in [6, 6.07) is 6.47. The van der Waals surface area contributed by atoms with E-state index >= 15 is 0 Å². The molecule has 0 aliphatic carbocycles. The van der Waals surface area contributed by atoms with Crippen molar-refractivity contribution in [2.45, 2.75) is 38.8 Å². The second-order valence-electron chi connectivity index (χ2n) is 4.89. The summed E-state index contributed by atoms with van der Waals surface area (Å²) in [7, 11) is 0. The minimum absolute atomic E-state index is 0.238. The minimum atomic E-state index is 0.238. The topological polar surface area (TPSA) is 45.2 Å². The molecule has 1 aromatic heterocycles. The second kappa shape index (κ2) is 5.96. The first-order valence-electron chi connectivity index (χ1n) is 6.61. The third-order valence-corrected chi connectivity index (χ3v) is 3.68. The second-order valence-corrected chi connectivity index (χ2v) is 4.89. The summed E-state index contributed by atoms with van der Waals surface area (Å²) in [6.45, 7) is 5.94. The summed E-state index contributed by atoms with van der Waals surface area (Å²) < 4.78 is 0. The van der Waals surface area contributed by atoms with Gasteiger partial charge in [-0.1, -0.05) is 6.07 Å². The first-order valence-corrected chi connectivity index (χ1v) is 6.61. The fraction of sp³-hybridized carbons (Fsp3) is 0.571. The van der Waals surface area contributed by atoms with Crippen molar-refractivity contribution in [1.82, 2.24) is 15.2 Å². The predicted octanol–water partition coefficient (Wildman–Crippen LogP) is 1.22. The number of aromatic nitrogens is 1. The molecule has 0 bridgehead atoms. The number of hydrogen-bond donors (Lipinski definition) is 1. The molecule has 0 saturated carbocycles. The van der Waals surface area contributed by atoms with Crippen LogP contribution in [-0.4, -0.2) is 41.0 Å². The van der Waals surface area contributed by atoms with E-state index in [-0.39, 0.29) is 11.9 Å². The Morgan fingerprint density at radius 2 is 2.33 bits per heavy atom. The summed E-state index contributed by atoms with van der Waals surface area (Å²) in [6.07, 6.45) is 3.05. The largest absolute Gasteiger partial charge is 0.337 e. The molecule has 1 N–H and O–H groups in total. The third kappa shape index (κ3) is 3.07. The molecule has 1 aliphatic heterocycles. The summed E-state index contributed by atoms with van der Waals surface area (Å²) in [5.41, 5.74) is 0.988. The van der Waals surface area contributed by atoms with E-state index in [4.69, 9.17) is 0 Å². The maximum Gasteiger partial charge on any atom is 0.223 e. The van der Waals surface area contributed by atoms with E-state index in [1.54, 1.807) is 6.20 Å². The summed E-state index contributed by atoms with van der Waals surface area (Å²) in [5, 5.41) is 3.38. The van der Waals surface area contributed by atoms with Gasteiger partial charge in [0.25, 0.3) is 0 Å². The van der Waals surface area contributed by atoms with Crippen LogP contribution in [0.5, 0.6) is 0 Å². The molecule has 4 nitrogen and oxygen atoms in total. The zero-order valence-corrected chi connectivity index (χ0v) is 11.1. The molecule has 2 rings (SSSR count). The molecular weight excluding hydrogens is 226 g/mol. The number of aryl methyl sites for hydroxylation is 1. The van der Waals surface area contributed by atoms with E-state index in [0.29, 0.717) is 12.5 Å². The Bertz CT molecular complexity index is 393. The van der Waals surface area contributed by atoms with Crippen molar-refractivity contribution in [3.8, 4) is 0 Å². The van der Waals surface area contributed by atoms with Gasteiger partial charge in [-0.3, -0.25) is 9.78 Å². The number of rotatable bonds is 3. The average molecular weight is 247 g/mol. The lowest BCUT2D eigenvalue weighted by Gasteiger charge is -2.38. The van der Waals surface area contributed by atoms with Gasteiger partial charge in [0.05, 0.1) is 0 Å². The van der Waals surface area contributed by atoms with Gasteiger partial charge in [0.2, 0.25) is 5.91 Å². The van der Waals surface area contributed by atoms with E-state index in [1.807, 2.05) is 23.1 Å². The van der Waals surface area contributed by atoms with Crippen molar-refractivity contribution in [1.29, 1.82) is 0 Å². The number of nitrogens with one attached hydrogen (secondary N) is 1. The van der Waals surface area contributed by atoms with Gasteiger partial charge >= 0.3 is 0 Å². The van der Waals surface area contributed by atoms with Gasteiger partial charge in [0, 0.05) is 43.5 Å². The number of pyridine rings is 1. The van der Waals surface area contributed by atoms with Crippen LogP contribution in [0, 0.1) is 0 Å². The van der Waals surface area contributed by atoms with Crippen molar-refractivity contribution in [2.75, 3.05) is 13.1 Å². The number of piperazine rings is 1. The first kappa shape index (κ1) is 13.0. The van der Waals surface area contributed by atoms with Crippen LogP contribution in [0.2, 0.25) is 0 Å². The Balaban J connectivity index is 1.88. The molecule has 98 valence electrons. The molecular formula is C14H21N3O. The smallest absolute Gasteiger partial charge is 0.223 e. The van der Waals surface area contributed by atoms with Crippen molar-refractivity contribution in [3.05, 3.63) is 30.1 Å². The molecule has 1 aromatic rings. The standard InChI is InChI=1S/C14H21N3O/c1-11-12(2)17(10-9-15-11)14(18)7-6-13-5-3-4-8-16-13/h3-5,8,11-12,15H,6-7,9-10H2,1-2H3. The number of hydrogen-bond acceptors (Lipinski definition) is 3. The van der Waals surface area contributed by atoms with Gasteiger partial charge in [-0.05, 0) is 32.4 Å². The first-order chi connectivity index (χ1) is 8.68. The lowest BCUT2D eigenvalue weighted by molar-refractivity contribution is -0.134. The van der Waals surface area contributed by atoms with E-state index in [1.165, 1.54) is 0 Å². The van der Waals surface area contributed by atoms with Gasteiger partial charge in [0.15, 0.2) is 0 Å². The fourth-order valence-corrected chi connectivity index (χ4v) is 2.33. The Hall–Kier alpha value is -1.42. The molecule has 1 aliphatic rings. The average Bonchev–Trinajstić information content (AvgIpc) is 2.40. The molecule has 4 heteroatoms. The summed E-state index contributed by atoms with van der Waals surface area (Å²) in [5.74, 6) is 0.238. The molecule has 1 saturated heterocycles. The lowest BCUT2D eigenvalue weighted by atomic mass is 10.1. The normalized spacial score (nSPS) is 24.0. The predicted molar refractivity (Wildman–Crippen MR) is 71.2 cm³/mol. The van der Waals surface area contributed by atoms with Crippen LogP contribution in [0.15, 0.2) is 24.4 Å². The van der Waals surface area contributed by atoms with Crippen LogP contribution >= 0.6 is 0 Å². The molecule has 1 amide bonds. The van der Waals surface area contributed by atoms with Crippen LogP contribution in [0.3, 0.4) is 0 Å². The number of carbonyl (C=O) groups is 1. The maximum atomic E-state index is 12.2. The van der Waals surface area contributed by atoms with E-state index in [9.17, 15) is 4.79 Å². The molecule has 2 heterocycles. The van der Waals surface area contributed by atoms with Crippen molar-refractivity contribution in [2.24, 2.45) is 0 Å². The number of amides is 1. The van der Waals surface area contributed by atoms with Gasteiger partial charge in [-0.2, -0.15) is 0 Å². The highest BCUT2D eigenvalue weighted by Gasteiger charge is 2.27. The monoisotopic (exact) mass is 247 g/mol. The lowest BCUT2D eigenvalue weighted by Crippen LogP contribution is -2.57. The molecule has 2 atom stereocenters. The summed E-state index contributed by atoms with van der Waals surface area (Å²) >= 11 is 0. The van der Waals surface area contributed by atoms with E-state index in [0.717, 1.165) is 25.2 Å². The van der Waals surface area contributed by atoms with Crippen LogP contribution in [0.4, 0.5) is 0 Å². The highest BCUT2D eigenvalue weighted by atomic mass is 16.2. The zero-order valence-electron chi connectivity index (χ0n) is 11.1. The van der Waals surface area contributed by atoms with Crippen LogP contribution in [0.25, 0.3) is 0 Å². The molecule has 18 heavy (non-hydrogen) atoms. The van der Waals surface area contributed by atoms with Crippen molar-refractivity contribution < 1.29 is 4.79 Å². The molecule has 2 unspecified atom stereocenters. The fourth-order valence-electron chi connectivity index (χ4n) is 2.33. The molecule has 1 fully saturated rings. The Labute approximate surface area is 108 Å². The summed E-state index contributed by atoms with van der Waals surface area (Å²) in [4.78, 5) is 18.4. The SMILES string of the molecule is CC1NCCN(C(=O)CCc2ccccn2)C1C. The Morgan fingerprint density at radius 3 is 3.06 bits per heavy atom. The minimum Gasteiger partial charge on any atom is -0.337 e. The molecule has 0 aromatic carbocycles. The van der Waals surface area contributed by atoms with E-state index < -0.39 is 0 Å². The van der Waals surface area contributed by atoms with Crippen LogP contribution in [0.1, 0.15) is 26.0 Å². The molecule has 0 spiro atoms. The van der Waals surface area contributed by atoms with Crippen molar-refractivity contribution in [3.63, 3.8) is 0 Å².